The molecule has 0 aromatic heterocycles. The number of carbonyl (C=O) groups excluding carboxylic acids is 1. The van der Waals surface area contributed by atoms with Gasteiger partial charge in [0.15, 0.2) is 0 Å². The summed E-state index contributed by atoms with van der Waals surface area (Å²) in [5.74, 6) is 2.09. The van der Waals surface area contributed by atoms with Gasteiger partial charge in [0, 0.05) is 5.56 Å². The van der Waals surface area contributed by atoms with Crippen molar-refractivity contribution in [2.45, 2.75) is 12.7 Å². The van der Waals surface area contributed by atoms with Crippen LogP contribution in [-0.4, -0.2) is 12.8 Å². The molecule has 5 heteroatoms. The third-order valence-electron chi connectivity index (χ3n) is 1.86. The first-order valence-corrected chi connectivity index (χ1v) is 5.47. The molecule has 0 aliphatic carbocycles. The Labute approximate surface area is 91.7 Å². The summed E-state index contributed by atoms with van der Waals surface area (Å²) in [4.78, 5) is 11.0. The smallest absolute Gasteiger partial charge is 0.434 e. The Bertz CT molecular complexity index is 378. The largest absolute Gasteiger partial charge is 0.513 e. The Balaban J connectivity index is 2.06. The highest BCUT2D eigenvalue weighted by molar-refractivity contribution is 7.94. The quantitative estimate of drug-likeness (QED) is 0.441. The van der Waals surface area contributed by atoms with Crippen molar-refractivity contribution in [1.82, 2.24) is 0 Å². The van der Waals surface area contributed by atoms with Crippen LogP contribution in [0.25, 0.3) is 0 Å². The molecule has 15 heavy (non-hydrogen) atoms. The third-order valence-corrected chi connectivity index (χ3v) is 2.58. The summed E-state index contributed by atoms with van der Waals surface area (Å²) in [5, 5.41) is 0. The molecule has 0 N–H and O–H groups in total. The van der Waals surface area contributed by atoms with Crippen molar-refractivity contribution in [1.29, 1.82) is 0 Å². The second kappa shape index (κ2) is 4.44. The van der Waals surface area contributed by atoms with Crippen LogP contribution in [-0.2, 0) is 10.5 Å². The topological polar surface area (TPSA) is 44.8 Å². The molecule has 0 amide bonds. The lowest BCUT2D eigenvalue weighted by molar-refractivity contribution is 0.104. The predicted octanol–water partition coefficient (Wildman–Crippen LogP) is 2.76. The van der Waals surface area contributed by atoms with Gasteiger partial charge in [-0.1, -0.05) is 0 Å². The zero-order chi connectivity index (χ0) is 10.7. The minimum atomic E-state index is -0.677. The first-order chi connectivity index (χ1) is 7.29. The molecule has 2 rings (SSSR count). The summed E-state index contributed by atoms with van der Waals surface area (Å²) in [6.45, 7) is 2.04. The maximum atomic E-state index is 11.0. The first kappa shape index (κ1) is 10.2. The van der Waals surface area contributed by atoms with Gasteiger partial charge in [-0.05, 0) is 25.1 Å². The molecule has 0 radical (unpaired) electrons. The van der Waals surface area contributed by atoms with Crippen LogP contribution in [0.15, 0.2) is 18.2 Å². The van der Waals surface area contributed by atoms with Gasteiger partial charge < -0.3 is 13.7 Å². The fraction of sp³-hybridized carbons (Fsp3) is 0.300. The minimum Gasteiger partial charge on any atom is -0.434 e. The summed E-state index contributed by atoms with van der Waals surface area (Å²) >= 11 is 1.37. The molecule has 1 aliphatic rings. The van der Waals surface area contributed by atoms with Crippen LogP contribution in [0, 0.1) is 0 Å². The van der Waals surface area contributed by atoms with Crippen molar-refractivity contribution in [3.8, 4) is 11.5 Å². The van der Waals surface area contributed by atoms with E-state index in [1.807, 2.05) is 0 Å². The Hall–Kier alpha value is -1.36. The second-order valence-corrected chi connectivity index (χ2v) is 3.59. The number of hydrogen-bond acceptors (Lipinski definition) is 5. The van der Waals surface area contributed by atoms with Gasteiger partial charge in [-0.2, -0.15) is 0 Å². The number of fused-ring (bicyclic) bond motifs is 1. The summed E-state index contributed by atoms with van der Waals surface area (Å²) in [5.41, 5.74) is 1.03. The van der Waals surface area contributed by atoms with Crippen LogP contribution < -0.4 is 8.92 Å². The highest BCUT2D eigenvalue weighted by atomic mass is 32.2. The van der Waals surface area contributed by atoms with Gasteiger partial charge in [-0.3, -0.25) is 0 Å². The lowest BCUT2D eigenvalue weighted by atomic mass is 10.2. The Morgan fingerprint density at radius 1 is 1.60 bits per heavy atom. The molecule has 1 aromatic carbocycles. The Morgan fingerprint density at radius 3 is 3.27 bits per heavy atom. The summed E-state index contributed by atoms with van der Waals surface area (Å²) in [6, 6.07) is 5.25. The van der Waals surface area contributed by atoms with Crippen LogP contribution >= 0.6 is 12.0 Å². The molecule has 4 nitrogen and oxygen atoms in total. The molecule has 1 aromatic rings. The lowest BCUT2D eigenvalue weighted by Crippen LogP contribution is -2.09. The minimum absolute atomic E-state index is 0.308. The van der Waals surface area contributed by atoms with Gasteiger partial charge in [0.25, 0.3) is 0 Å². The number of ether oxygens (including phenoxy) is 2. The number of carbonyl (C=O) groups is 1. The molecule has 1 heterocycles. The van der Waals surface area contributed by atoms with Gasteiger partial charge in [-0.15, -0.1) is 0 Å². The predicted molar refractivity (Wildman–Crippen MR) is 56.0 cm³/mol. The van der Waals surface area contributed by atoms with Crippen molar-refractivity contribution in [3.63, 3.8) is 0 Å². The van der Waals surface area contributed by atoms with Crippen molar-refractivity contribution in [2.24, 2.45) is 0 Å². The van der Waals surface area contributed by atoms with Gasteiger partial charge in [0.1, 0.15) is 11.5 Å². The molecule has 80 valence electrons. The average molecular weight is 226 g/mol. The molecular weight excluding hydrogens is 216 g/mol. The van der Waals surface area contributed by atoms with E-state index in [-0.39, 0.29) is 0 Å². The van der Waals surface area contributed by atoms with E-state index < -0.39 is 6.16 Å². The maximum Gasteiger partial charge on any atom is 0.513 e. The number of hydrogen-bond donors (Lipinski definition) is 0. The number of rotatable bonds is 2. The molecule has 0 fully saturated rings. The highest BCUT2D eigenvalue weighted by Gasteiger charge is 2.15. The van der Waals surface area contributed by atoms with Gasteiger partial charge >= 0.3 is 6.16 Å². The third kappa shape index (κ3) is 2.36. The fourth-order valence-electron chi connectivity index (χ4n) is 1.21. The van der Waals surface area contributed by atoms with E-state index in [1.54, 1.807) is 25.1 Å². The summed E-state index contributed by atoms with van der Waals surface area (Å²) in [7, 11) is 0. The van der Waals surface area contributed by atoms with E-state index in [9.17, 15) is 4.79 Å². The van der Waals surface area contributed by atoms with Gasteiger partial charge in [-0.25, -0.2) is 4.79 Å². The lowest BCUT2D eigenvalue weighted by Gasteiger charge is -2.04. The molecular formula is C10H10O4S. The van der Waals surface area contributed by atoms with Crippen LogP contribution in [0.2, 0.25) is 0 Å². The molecule has 0 unspecified atom stereocenters. The van der Waals surface area contributed by atoms with E-state index >= 15 is 0 Å². The summed E-state index contributed by atoms with van der Waals surface area (Å²) < 4.78 is 14.9. The van der Waals surface area contributed by atoms with Crippen molar-refractivity contribution in [2.75, 3.05) is 6.61 Å². The molecule has 1 aliphatic heterocycles. The van der Waals surface area contributed by atoms with E-state index in [2.05, 4.69) is 4.74 Å². The van der Waals surface area contributed by atoms with Crippen LogP contribution in [0.3, 0.4) is 0 Å². The van der Waals surface area contributed by atoms with Gasteiger partial charge in [0.2, 0.25) is 0 Å². The van der Waals surface area contributed by atoms with Crippen molar-refractivity contribution >= 4 is 18.2 Å². The Morgan fingerprint density at radius 2 is 2.47 bits per heavy atom. The highest BCUT2D eigenvalue weighted by Crippen LogP contribution is 2.35. The van der Waals surface area contributed by atoms with Crippen LogP contribution in [0.1, 0.15) is 12.5 Å². The standard InChI is InChI=1S/C10H10O4S/c1-2-12-10(11)13-8-3-4-9-7(5-8)6-15-14-9/h3-5H,2,6H2,1H3. The molecule has 0 saturated carbocycles. The SMILES string of the molecule is CCOC(=O)Oc1ccc2c(c1)CSO2. The normalized spacial score (nSPS) is 12.9. The molecule has 0 spiro atoms. The van der Waals surface area contributed by atoms with E-state index in [0.29, 0.717) is 12.4 Å². The molecule has 0 atom stereocenters. The van der Waals surface area contributed by atoms with Crippen LogP contribution in [0.5, 0.6) is 11.5 Å². The second-order valence-electron chi connectivity index (χ2n) is 2.90. The monoisotopic (exact) mass is 226 g/mol. The molecule has 0 saturated heterocycles. The zero-order valence-corrected chi connectivity index (χ0v) is 9.00. The van der Waals surface area contributed by atoms with Crippen LogP contribution in [0.4, 0.5) is 4.79 Å². The zero-order valence-electron chi connectivity index (χ0n) is 8.19. The number of benzene rings is 1. The Kier molecular flexibility index (Phi) is 3.01. The van der Waals surface area contributed by atoms with Crippen molar-refractivity contribution < 1.29 is 18.5 Å². The first-order valence-electron chi connectivity index (χ1n) is 4.56. The van der Waals surface area contributed by atoms with E-state index in [1.165, 1.54) is 12.0 Å². The van der Waals surface area contributed by atoms with E-state index in [0.717, 1.165) is 17.1 Å². The maximum absolute atomic E-state index is 11.0. The van der Waals surface area contributed by atoms with E-state index in [4.69, 9.17) is 8.92 Å². The summed E-state index contributed by atoms with van der Waals surface area (Å²) in [6.07, 6.45) is -0.677. The average Bonchev–Trinajstić information content (AvgIpc) is 2.65. The fourth-order valence-corrected chi connectivity index (χ4v) is 1.91. The van der Waals surface area contributed by atoms with Gasteiger partial charge in [0.05, 0.1) is 24.4 Å². The van der Waals surface area contributed by atoms with Crippen molar-refractivity contribution in [3.05, 3.63) is 23.8 Å². The molecule has 0 bridgehead atoms.